The van der Waals surface area contributed by atoms with Gasteiger partial charge in [0.25, 0.3) is 5.91 Å². The zero-order valence-corrected chi connectivity index (χ0v) is 12.6. The molecule has 2 fully saturated rings. The predicted molar refractivity (Wildman–Crippen MR) is 77.8 cm³/mol. The van der Waals surface area contributed by atoms with E-state index >= 15 is 0 Å². The molecule has 1 aliphatic heterocycles. The van der Waals surface area contributed by atoms with Crippen LogP contribution in [0, 0.1) is 0 Å². The molecule has 2 aliphatic rings. The predicted octanol–water partition coefficient (Wildman–Crippen LogP) is 1.41. The first-order chi connectivity index (χ1) is 9.73. The molecule has 2 heterocycles. The van der Waals surface area contributed by atoms with E-state index in [-0.39, 0.29) is 5.91 Å². The summed E-state index contributed by atoms with van der Waals surface area (Å²) in [5.74, 6) is 0.662. The van der Waals surface area contributed by atoms with Gasteiger partial charge in [0.2, 0.25) is 0 Å². The third-order valence-corrected chi connectivity index (χ3v) is 5.05. The molecule has 1 aliphatic carbocycles. The molecular weight excluding hydrogens is 274 g/mol. The van der Waals surface area contributed by atoms with Crippen molar-refractivity contribution in [3.63, 3.8) is 0 Å². The number of amides is 1. The van der Waals surface area contributed by atoms with Gasteiger partial charge in [-0.1, -0.05) is 0 Å². The average Bonchev–Trinajstić information content (AvgIpc) is 3.24. The standard InChI is InChI=1S/C14H21N3O2S/c1-19-14(4-6-15-7-5-14)13(18)16-8-12-17-11(9-20-12)10-2-3-10/h9-10,15H,2-8H2,1H3,(H,16,18). The summed E-state index contributed by atoms with van der Waals surface area (Å²) >= 11 is 1.63. The molecule has 1 aromatic rings. The maximum Gasteiger partial charge on any atom is 0.252 e. The molecule has 0 aromatic carbocycles. The Hall–Kier alpha value is -0.980. The number of piperidine rings is 1. The highest BCUT2D eigenvalue weighted by Crippen LogP contribution is 2.40. The summed E-state index contributed by atoms with van der Waals surface area (Å²) in [5, 5.41) is 9.35. The van der Waals surface area contributed by atoms with Crippen LogP contribution in [0.3, 0.4) is 0 Å². The van der Waals surface area contributed by atoms with Crippen molar-refractivity contribution >= 4 is 17.2 Å². The summed E-state index contributed by atoms with van der Waals surface area (Å²) in [7, 11) is 1.62. The van der Waals surface area contributed by atoms with Crippen LogP contribution >= 0.6 is 11.3 Å². The molecule has 3 rings (SSSR count). The number of hydrogen-bond acceptors (Lipinski definition) is 5. The highest BCUT2D eigenvalue weighted by Gasteiger charge is 2.39. The lowest BCUT2D eigenvalue weighted by Crippen LogP contribution is -2.53. The smallest absolute Gasteiger partial charge is 0.252 e. The summed E-state index contributed by atoms with van der Waals surface area (Å²) in [6.07, 6.45) is 3.96. The van der Waals surface area contributed by atoms with E-state index in [1.165, 1.54) is 18.5 Å². The number of nitrogens with one attached hydrogen (secondary N) is 2. The van der Waals surface area contributed by atoms with Crippen LogP contribution in [0.15, 0.2) is 5.38 Å². The van der Waals surface area contributed by atoms with Crippen molar-refractivity contribution in [3.8, 4) is 0 Å². The summed E-state index contributed by atoms with van der Waals surface area (Å²) < 4.78 is 5.51. The van der Waals surface area contributed by atoms with Crippen molar-refractivity contribution in [2.45, 2.75) is 43.7 Å². The number of rotatable bonds is 5. The van der Waals surface area contributed by atoms with E-state index in [4.69, 9.17) is 4.74 Å². The summed E-state index contributed by atoms with van der Waals surface area (Å²) in [6.45, 7) is 2.16. The molecule has 0 radical (unpaired) electrons. The molecule has 0 bridgehead atoms. The number of ether oxygens (including phenoxy) is 1. The van der Waals surface area contributed by atoms with Crippen molar-refractivity contribution < 1.29 is 9.53 Å². The summed E-state index contributed by atoms with van der Waals surface area (Å²) in [4.78, 5) is 17.0. The van der Waals surface area contributed by atoms with Gasteiger partial charge in [-0.25, -0.2) is 4.98 Å². The minimum Gasteiger partial charge on any atom is -0.368 e. The number of hydrogen-bond donors (Lipinski definition) is 2. The van der Waals surface area contributed by atoms with Crippen LogP contribution in [-0.2, 0) is 16.1 Å². The van der Waals surface area contributed by atoms with Crippen molar-refractivity contribution in [1.82, 2.24) is 15.6 Å². The molecule has 1 aromatic heterocycles. The van der Waals surface area contributed by atoms with Crippen LogP contribution < -0.4 is 10.6 Å². The number of carbonyl (C=O) groups is 1. The average molecular weight is 295 g/mol. The lowest BCUT2D eigenvalue weighted by Gasteiger charge is -2.34. The third kappa shape index (κ3) is 2.87. The highest BCUT2D eigenvalue weighted by atomic mass is 32.1. The van der Waals surface area contributed by atoms with Gasteiger partial charge < -0.3 is 15.4 Å². The summed E-state index contributed by atoms with van der Waals surface area (Å²) in [6, 6.07) is 0. The normalized spacial score (nSPS) is 21.6. The Kier molecular flexibility index (Phi) is 4.05. The number of carbonyl (C=O) groups excluding carboxylic acids is 1. The van der Waals surface area contributed by atoms with Crippen LogP contribution in [0.1, 0.15) is 42.3 Å². The minimum atomic E-state index is -0.665. The van der Waals surface area contributed by atoms with E-state index in [1.54, 1.807) is 18.4 Å². The van der Waals surface area contributed by atoms with E-state index in [9.17, 15) is 4.79 Å². The Morgan fingerprint density at radius 2 is 2.30 bits per heavy atom. The van der Waals surface area contributed by atoms with Gasteiger partial charge in [-0.05, 0) is 38.8 Å². The first kappa shape index (κ1) is 14.0. The lowest BCUT2D eigenvalue weighted by atomic mass is 9.91. The van der Waals surface area contributed by atoms with Gasteiger partial charge >= 0.3 is 0 Å². The van der Waals surface area contributed by atoms with Gasteiger partial charge in [-0.15, -0.1) is 11.3 Å². The molecule has 110 valence electrons. The van der Waals surface area contributed by atoms with Crippen molar-refractivity contribution in [2.75, 3.05) is 20.2 Å². The van der Waals surface area contributed by atoms with Gasteiger partial charge in [0.15, 0.2) is 0 Å². The second-order valence-electron chi connectivity index (χ2n) is 5.57. The Morgan fingerprint density at radius 1 is 1.55 bits per heavy atom. The van der Waals surface area contributed by atoms with Crippen LogP contribution in [0.2, 0.25) is 0 Å². The van der Waals surface area contributed by atoms with Crippen LogP contribution in [0.4, 0.5) is 0 Å². The van der Waals surface area contributed by atoms with E-state index in [1.807, 2.05) is 0 Å². The number of aromatic nitrogens is 1. The Bertz CT molecular complexity index is 479. The first-order valence-electron chi connectivity index (χ1n) is 7.22. The molecule has 1 saturated heterocycles. The van der Waals surface area contributed by atoms with Gasteiger partial charge in [-0.3, -0.25) is 4.79 Å². The number of thiazole rings is 1. The zero-order valence-electron chi connectivity index (χ0n) is 11.8. The minimum absolute atomic E-state index is 0.00956. The van der Waals surface area contributed by atoms with Gasteiger partial charge in [0.05, 0.1) is 12.2 Å². The lowest BCUT2D eigenvalue weighted by molar-refractivity contribution is -0.146. The fourth-order valence-corrected chi connectivity index (χ4v) is 3.46. The quantitative estimate of drug-likeness (QED) is 0.862. The fourth-order valence-electron chi connectivity index (χ4n) is 2.64. The highest BCUT2D eigenvalue weighted by molar-refractivity contribution is 7.09. The molecule has 6 heteroatoms. The second-order valence-corrected chi connectivity index (χ2v) is 6.51. The van der Waals surface area contributed by atoms with E-state index in [0.717, 1.165) is 30.9 Å². The SMILES string of the molecule is COC1(C(=O)NCc2nc(C3CC3)cs2)CCNCC1. The zero-order chi connectivity index (χ0) is 14.0. The molecular formula is C14H21N3O2S. The Morgan fingerprint density at radius 3 is 2.95 bits per heavy atom. The van der Waals surface area contributed by atoms with Gasteiger partial charge in [-0.2, -0.15) is 0 Å². The number of methoxy groups -OCH3 is 1. The molecule has 20 heavy (non-hydrogen) atoms. The van der Waals surface area contributed by atoms with Gasteiger partial charge in [0, 0.05) is 18.4 Å². The van der Waals surface area contributed by atoms with Crippen molar-refractivity contribution in [2.24, 2.45) is 0 Å². The maximum absolute atomic E-state index is 12.4. The van der Waals surface area contributed by atoms with Crippen molar-refractivity contribution in [1.29, 1.82) is 0 Å². The Labute approximate surface area is 123 Å². The molecule has 1 saturated carbocycles. The molecule has 1 amide bonds. The van der Waals surface area contributed by atoms with Crippen molar-refractivity contribution in [3.05, 3.63) is 16.1 Å². The largest absolute Gasteiger partial charge is 0.368 e. The monoisotopic (exact) mass is 295 g/mol. The fraction of sp³-hybridized carbons (Fsp3) is 0.714. The van der Waals surface area contributed by atoms with E-state index in [0.29, 0.717) is 12.5 Å². The second kappa shape index (κ2) is 5.79. The molecule has 0 spiro atoms. The van der Waals surface area contributed by atoms with Crippen LogP contribution in [0.5, 0.6) is 0 Å². The van der Waals surface area contributed by atoms with E-state index < -0.39 is 5.60 Å². The third-order valence-electron chi connectivity index (χ3n) is 4.18. The maximum atomic E-state index is 12.4. The van der Waals surface area contributed by atoms with E-state index in [2.05, 4.69) is 21.0 Å². The molecule has 5 nitrogen and oxygen atoms in total. The first-order valence-corrected chi connectivity index (χ1v) is 8.10. The summed E-state index contributed by atoms with van der Waals surface area (Å²) in [5.41, 5.74) is 0.532. The number of nitrogens with zero attached hydrogens (tertiary/aromatic N) is 1. The molecule has 2 N–H and O–H groups in total. The van der Waals surface area contributed by atoms with Gasteiger partial charge in [0.1, 0.15) is 10.6 Å². The van der Waals surface area contributed by atoms with Crippen LogP contribution in [0.25, 0.3) is 0 Å². The molecule has 0 unspecified atom stereocenters. The van der Waals surface area contributed by atoms with Crippen LogP contribution in [-0.4, -0.2) is 36.7 Å². The Balaban J connectivity index is 1.57. The topological polar surface area (TPSA) is 63.2 Å². The molecule has 0 atom stereocenters.